The Morgan fingerprint density at radius 3 is 2.44 bits per heavy atom. The Bertz CT molecular complexity index is 357. The third kappa shape index (κ3) is 2.34. The smallest absolute Gasteiger partial charge is 0.264 e. The van der Waals surface area contributed by atoms with Crippen LogP contribution in [0.4, 0.5) is 8.22 Å². The van der Waals surface area contributed by atoms with E-state index in [1.54, 1.807) is 18.2 Å². The van der Waals surface area contributed by atoms with Gasteiger partial charge in [0.2, 0.25) is 0 Å². The van der Waals surface area contributed by atoms with E-state index in [2.05, 4.69) is 0 Å². The molecule has 1 aliphatic rings. The molecule has 1 aromatic carbocycles. The molecule has 0 saturated heterocycles. The maximum Gasteiger partial charge on any atom is 0.458 e. The fourth-order valence-corrected chi connectivity index (χ4v) is 4.90. The maximum atomic E-state index is 14.4. The summed E-state index contributed by atoms with van der Waals surface area (Å²) in [7, 11) is -4.21. The van der Waals surface area contributed by atoms with Crippen LogP contribution < -0.4 is 5.19 Å². The van der Waals surface area contributed by atoms with Crippen LogP contribution in [0.25, 0.3) is 0 Å². The zero-order valence-electron chi connectivity index (χ0n) is 9.68. The first-order valence-electron chi connectivity index (χ1n) is 6.05. The molecule has 0 nitrogen and oxygen atoms in total. The number of halogens is 2. The van der Waals surface area contributed by atoms with Crippen LogP contribution in [0.5, 0.6) is 0 Å². The fraction of sp³-hybridized carbons (Fsp3) is 0.538. The molecule has 0 atom stereocenters. The van der Waals surface area contributed by atoms with Gasteiger partial charge in [0.05, 0.1) is 0 Å². The molecule has 2 rings (SSSR count). The van der Waals surface area contributed by atoms with Crippen LogP contribution in [0.2, 0.25) is 5.54 Å². The summed E-state index contributed by atoms with van der Waals surface area (Å²) in [6.45, 7) is 1.88. The molecule has 0 heterocycles. The van der Waals surface area contributed by atoms with Gasteiger partial charge in [0.25, 0.3) is 0 Å². The summed E-state index contributed by atoms with van der Waals surface area (Å²) in [5, 5.41) is 0.333. The Labute approximate surface area is 97.0 Å². The highest BCUT2D eigenvalue weighted by atomic mass is 28.4. The average Bonchev–Trinajstić information content (AvgIpc) is 2.30. The SMILES string of the molecule is Cc1cccc([Si](F)(F)C2CCCCC2)c1. The molecule has 0 radical (unpaired) electrons. The van der Waals surface area contributed by atoms with Crippen molar-refractivity contribution in [1.29, 1.82) is 0 Å². The second kappa shape index (κ2) is 4.66. The molecule has 0 N–H and O–H groups in total. The average molecular weight is 240 g/mol. The van der Waals surface area contributed by atoms with Crippen molar-refractivity contribution in [1.82, 2.24) is 0 Å². The second-order valence-electron chi connectivity index (χ2n) is 4.83. The van der Waals surface area contributed by atoms with Crippen LogP contribution in [0.3, 0.4) is 0 Å². The van der Waals surface area contributed by atoms with E-state index in [4.69, 9.17) is 0 Å². The van der Waals surface area contributed by atoms with Gasteiger partial charge < -0.3 is 0 Å². The fourth-order valence-electron chi connectivity index (χ4n) is 2.55. The van der Waals surface area contributed by atoms with Gasteiger partial charge in [-0.25, -0.2) is 0 Å². The summed E-state index contributed by atoms with van der Waals surface area (Å²) in [5.74, 6) is 0. The normalized spacial score (nSPS) is 18.7. The summed E-state index contributed by atoms with van der Waals surface area (Å²) in [6, 6.07) is 6.94. The molecule has 0 aromatic heterocycles. The van der Waals surface area contributed by atoms with Crippen LogP contribution in [-0.4, -0.2) is 8.74 Å². The maximum absolute atomic E-state index is 14.4. The first-order valence-corrected chi connectivity index (χ1v) is 7.89. The first-order chi connectivity index (χ1) is 7.60. The largest absolute Gasteiger partial charge is 0.458 e. The molecular weight excluding hydrogens is 222 g/mol. The van der Waals surface area contributed by atoms with Gasteiger partial charge in [-0.05, 0) is 19.8 Å². The minimum atomic E-state index is -4.21. The van der Waals surface area contributed by atoms with Crippen LogP contribution in [0.15, 0.2) is 24.3 Å². The summed E-state index contributed by atoms with van der Waals surface area (Å²) >= 11 is 0. The van der Waals surface area contributed by atoms with E-state index in [9.17, 15) is 8.22 Å². The Morgan fingerprint density at radius 2 is 1.81 bits per heavy atom. The zero-order chi connectivity index (χ0) is 11.6. The first kappa shape index (κ1) is 11.8. The third-order valence-corrected chi connectivity index (χ3v) is 6.20. The Balaban J connectivity index is 2.22. The van der Waals surface area contributed by atoms with E-state index in [1.807, 2.05) is 13.0 Å². The third-order valence-electron chi connectivity index (χ3n) is 3.52. The Morgan fingerprint density at radius 1 is 1.12 bits per heavy atom. The van der Waals surface area contributed by atoms with Crippen molar-refractivity contribution in [3.05, 3.63) is 29.8 Å². The summed E-state index contributed by atoms with van der Waals surface area (Å²) in [6.07, 6.45) is 4.56. The lowest BCUT2D eigenvalue weighted by atomic mass is 10.0. The molecule has 0 spiro atoms. The molecule has 0 bridgehead atoms. The van der Waals surface area contributed by atoms with Gasteiger partial charge in [0, 0.05) is 10.7 Å². The molecular formula is C13H18F2Si. The standard InChI is InChI=1S/C13H18F2Si/c1-11-6-5-9-13(10-11)16(14,15)12-7-3-2-4-8-12/h5-6,9-10,12H,2-4,7-8H2,1H3. The highest BCUT2D eigenvalue weighted by Gasteiger charge is 2.46. The van der Waals surface area contributed by atoms with Gasteiger partial charge in [0.15, 0.2) is 0 Å². The van der Waals surface area contributed by atoms with E-state index in [0.717, 1.165) is 37.7 Å². The van der Waals surface area contributed by atoms with Crippen molar-refractivity contribution in [2.45, 2.75) is 44.6 Å². The Hall–Kier alpha value is -0.703. The van der Waals surface area contributed by atoms with Crippen molar-refractivity contribution < 1.29 is 8.22 Å². The van der Waals surface area contributed by atoms with E-state index in [1.165, 1.54) is 0 Å². The topological polar surface area (TPSA) is 0 Å². The number of benzene rings is 1. The van der Waals surface area contributed by atoms with Crippen molar-refractivity contribution in [3.63, 3.8) is 0 Å². The molecule has 1 aliphatic carbocycles. The van der Waals surface area contributed by atoms with Crippen LogP contribution in [-0.2, 0) is 0 Å². The van der Waals surface area contributed by atoms with Gasteiger partial charge in [-0.15, -0.1) is 0 Å². The Kier molecular flexibility index (Phi) is 3.43. The molecule has 1 aromatic rings. The summed E-state index contributed by atoms with van der Waals surface area (Å²) in [4.78, 5) is 0. The predicted octanol–water partition coefficient (Wildman–Crippen LogP) is 3.92. The number of rotatable bonds is 2. The van der Waals surface area contributed by atoms with Crippen molar-refractivity contribution >= 4 is 13.9 Å². The monoisotopic (exact) mass is 240 g/mol. The lowest BCUT2D eigenvalue weighted by molar-refractivity contribution is 0.443. The minimum Gasteiger partial charge on any atom is -0.264 e. The quantitative estimate of drug-likeness (QED) is 0.543. The lowest BCUT2D eigenvalue weighted by Gasteiger charge is -2.27. The highest BCUT2D eigenvalue weighted by molar-refractivity contribution is 6.81. The molecule has 3 heteroatoms. The van der Waals surface area contributed by atoms with E-state index in [0.29, 0.717) is 5.19 Å². The van der Waals surface area contributed by atoms with Gasteiger partial charge >= 0.3 is 8.74 Å². The van der Waals surface area contributed by atoms with Crippen LogP contribution in [0, 0.1) is 6.92 Å². The van der Waals surface area contributed by atoms with Gasteiger partial charge in [-0.2, -0.15) is 0 Å². The molecule has 1 saturated carbocycles. The molecule has 0 unspecified atom stereocenters. The number of hydrogen-bond donors (Lipinski definition) is 0. The zero-order valence-corrected chi connectivity index (χ0v) is 10.7. The van der Waals surface area contributed by atoms with Gasteiger partial charge in [-0.3, -0.25) is 8.22 Å². The van der Waals surface area contributed by atoms with Crippen molar-refractivity contribution in [2.24, 2.45) is 0 Å². The number of aryl methyl sites for hydroxylation is 1. The van der Waals surface area contributed by atoms with E-state index >= 15 is 0 Å². The van der Waals surface area contributed by atoms with Gasteiger partial charge in [0.1, 0.15) is 0 Å². The van der Waals surface area contributed by atoms with E-state index < -0.39 is 8.74 Å². The van der Waals surface area contributed by atoms with Crippen molar-refractivity contribution in [2.75, 3.05) is 0 Å². The van der Waals surface area contributed by atoms with Crippen molar-refractivity contribution in [3.8, 4) is 0 Å². The van der Waals surface area contributed by atoms with Gasteiger partial charge in [-0.1, -0.05) is 49.1 Å². The number of hydrogen-bond acceptors (Lipinski definition) is 0. The van der Waals surface area contributed by atoms with E-state index in [-0.39, 0.29) is 5.54 Å². The predicted molar refractivity (Wildman–Crippen MR) is 65.6 cm³/mol. The molecule has 88 valence electrons. The highest BCUT2D eigenvalue weighted by Crippen LogP contribution is 2.38. The summed E-state index contributed by atoms with van der Waals surface area (Å²) in [5.41, 5.74) is 0.628. The lowest BCUT2D eigenvalue weighted by Crippen LogP contribution is -2.44. The molecule has 0 aliphatic heterocycles. The van der Waals surface area contributed by atoms with Crippen LogP contribution >= 0.6 is 0 Å². The second-order valence-corrected chi connectivity index (χ2v) is 7.47. The summed E-state index contributed by atoms with van der Waals surface area (Å²) < 4.78 is 28.7. The molecule has 1 fully saturated rings. The molecule has 0 amide bonds. The minimum absolute atomic E-state index is 0.317. The molecule has 16 heavy (non-hydrogen) atoms. The van der Waals surface area contributed by atoms with Crippen LogP contribution in [0.1, 0.15) is 37.7 Å².